The molecular weight excluding hydrogens is 302 g/mol. The second-order valence-corrected chi connectivity index (χ2v) is 7.92. The fraction of sp³-hybridized carbons (Fsp3) is 0.684. The number of nitrogens with zero attached hydrogens (tertiary/aromatic N) is 1. The Labute approximate surface area is 144 Å². The Morgan fingerprint density at radius 3 is 2.92 bits per heavy atom. The van der Waals surface area contributed by atoms with E-state index in [1.54, 1.807) is 6.20 Å². The molecule has 1 spiro atoms. The van der Waals surface area contributed by atoms with Crippen molar-refractivity contribution in [3.63, 3.8) is 0 Å². The van der Waals surface area contributed by atoms with Crippen molar-refractivity contribution >= 4 is 6.03 Å². The van der Waals surface area contributed by atoms with Gasteiger partial charge in [-0.1, -0.05) is 32.8 Å². The van der Waals surface area contributed by atoms with Crippen LogP contribution in [0.4, 0.5) is 4.79 Å². The van der Waals surface area contributed by atoms with E-state index >= 15 is 0 Å². The molecule has 2 N–H and O–H groups in total. The summed E-state index contributed by atoms with van der Waals surface area (Å²) in [5, 5.41) is 6.29. The minimum absolute atomic E-state index is 0.0647. The lowest BCUT2D eigenvalue weighted by Gasteiger charge is -2.41. The van der Waals surface area contributed by atoms with Crippen LogP contribution < -0.4 is 10.6 Å². The van der Waals surface area contributed by atoms with Crippen molar-refractivity contribution in [2.45, 2.75) is 57.4 Å². The number of aromatic nitrogens is 1. The van der Waals surface area contributed by atoms with Crippen molar-refractivity contribution in [3.8, 4) is 0 Å². The molecule has 1 saturated carbocycles. The van der Waals surface area contributed by atoms with Gasteiger partial charge in [-0.05, 0) is 30.9 Å². The molecule has 0 bridgehead atoms. The molecule has 2 aliphatic rings. The van der Waals surface area contributed by atoms with Crippen molar-refractivity contribution in [3.05, 3.63) is 30.1 Å². The number of urea groups is 1. The predicted molar refractivity (Wildman–Crippen MR) is 93.9 cm³/mol. The number of amides is 2. The maximum atomic E-state index is 12.5. The molecule has 1 aromatic rings. The van der Waals surface area contributed by atoms with E-state index in [-0.39, 0.29) is 22.9 Å². The Morgan fingerprint density at radius 2 is 2.21 bits per heavy atom. The molecular formula is C19H29N3O2. The van der Waals surface area contributed by atoms with E-state index in [9.17, 15) is 4.79 Å². The highest BCUT2D eigenvalue weighted by Crippen LogP contribution is 2.44. The van der Waals surface area contributed by atoms with Crippen molar-refractivity contribution in [2.75, 3.05) is 19.8 Å². The maximum absolute atomic E-state index is 12.5. The van der Waals surface area contributed by atoms with E-state index in [0.717, 1.165) is 25.2 Å². The number of rotatable bonds is 4. The zero-order valence-electron chi connectivity index (χ0n) is 14.8. The van der Waals surface area contributed by atoms with Gasteiger partial charge in [-0.25, -0.2) is 4.79 Å². The first-order valence-corrected chi connectivity index (χ1v) is 9.05. The lowest BCUT2D eigenvalue weighted by molar-refractivity contribution is -0.0264. The molecule has 5 heteroatoms. The molecule has 3 rings (SSSR count). The van der Waals surface area contributed by atoms with Crippen LogP contribution >= 0.6 is 0 Å². The normalized spacial score (nSPS) is 23.2. The zero-order chi connectivity index (χ0) is 17.0. The van der Waals surface area contributed by atoms with Crippen LogP contribution in [0.15, 0.2) is 24.5 Å². The number of hydrogen-bond donors (Lipinski definition) is 2. The molecule has 24 heavy (non-hydrogen) atoms. The van der Waals surface area contributed by atoms with Crippen LogP contribution in [0.25, 0.3) is 0 Å². The van der Waals surface area contributed by atoms with Crippen LogP contribution in [0.1, 0.15) is 51.5 Å². The third-order valence-corrected chi connectivity index (χ3v) is 5.72. The quantitative estimate of drug-likeness (QED) is 0.891. The second-order valence-electron chi connectivity index (χ2n) is 7.92. The van der Waals surface area contributed by atoms with Gasteiger partial charge >= 0.3 is 6.03 Å². The fourth-order valence-electron chi connectivity index (χ4n) is 4.06. The van der Waals surface area contributed by atoms with E-state index in [1.165, 1.54) is 25.7 Å². The van der Waals surface area contributed by atoms with Crippen LogP contribution in [0.5, 0.6) is 0 Å². The van der Waals surface area contributed by atoms with Gasteiger partial charge < -0.3 is 15.4 Å². The number of hydrogen-bond acceptors (Lipinski definition) is 3. The minimum Gasteiger partial charge on any atom is -0.381 e. The van der Waals surface area contributed by atoms with Crippen molar-refractivity contribution in [1.82, 2.24) is 15.6 Å². The Kier molecular flexibility index (Phi) is 5.09. The largest absolute Gasteiger partial charge is 0.381 e. The van der Waals surface area contributed by atoms with Gasteiger partial charge in [-0.15, -0.1) is 0 Å². The van der Waals surface area contributed by atoms with E-state index in [1.807, 2.05) is 12.3 Å². The van der Waals surface area contributed by atoms with Gasteiger partial charge in [-0.3, -0.25) is 4.98 Å². The Bertz CT molecular complexity index is 553. The number of carbonyl (C=O) groups excluding carboxylic acids is 1. The summed E-state index contributed by atoms with van der Waals surface area (Å²) in [6, 6.07) is 4.15. The molecule has 1 atom stereocenters. The summed E-state index contributed by atoms with van der Waals surface area (Å²) in [5.41, 5.74) is 1.14. The fourth-order valence-corrected chi connectivity index (χ4v) is 4.06. The molecule has 0 radical (unpaired) electrons. The summed E-state index contributed by atoms with van der Waals surface area (Å²) in [4.78, 5) is 16.6. The monoisotopic (exact) mass is 331 g/mol. The summed E-state index contributed by atoms with van der Waals surface area (Å²) in [6.45, 7) is 6.36. The summed E-state index contributed by atoms with van der Waals surface area (Å²) in [7, 11) is 0. The molecule has 2 heterocycles. The zero-order valence-corrected chi connectivity index (χ0v) is 14.8. The average Bonchev–Trinajstić information content (AvgIpc) is 3.05. The molecule has 2 fully saturated rings. The van der Waals surface area contributed by atoms with Gasteiger partial charge in [0, 0.05) is 42.4 Å². The lowest BCUT2D eigenvalue weighted by Crippen LogP contribution is -2.55. The van der Waals surface area contributed by atoms with Crippen molar-refractivity contribution in [2.24, 2.45) is 5.41 Å². The first kappa shape index (κ1) is 17.2. The van der Waals surface area contributed by atoms with E-state index < -0.39 is 0 Å². The summed E-state index contributed by atoms with van der Waals surface area (Å²) < 4.78 is 5.71. The number of carbonyl (C=O) groups is 1. The number of ether oxygens (including phenoxy) is 1. The molecule has 0 aromatic carbocycles. The van der Waals surface area contributed by atoms with Crippen LogP contribution in [-0.4, -0.2) is 36.8 Å². The molecule has 1 unspecified atom stereocenters. The van der Waals surface area contributed by atoms with Crippen LogP contribution in [0.3, 0.4) is 0 Å². The van der Waals surface area contributed by atoms with E-state index in [0.29, 0.717) is 6.54 Å². The second kappa shape index (κ2) is 7.09. The number of pyridine rings is 1. The highest BCUT2D eigenvalue weighted by molar-refractivity contribution is 5.74. The minimum atomic E-state index is -0.147. The SMILES string of the molecule is CC(C)(CNC(=O)NC1CCOCC12CCCC2)c1cccnc1. The van der Waals surface area contributed by atoms with E-state index in [2.05, 4.69) is 35.5 Å². The highest BCUT2D eigenvalue weighted by atomic mass is 16.5. The highest BCUT2D eigenvalue weighted by Gasteiger charge is 2.44. The van der Waals surface area contributed by atoms with Gasteiger partial charge in [0.25, 0.3) is 0 Å². The van der Waals surface area contributed by atoms with Crippen molar-refractivity contribution in [1.29, 1.82) is 0 Å². The maximum Gasteiger partial charge on any atom is 0.315 e. The van der Waals surface area contributed by atoms with Crippen LogP contribution in [0, 0.1) is 5.41 Å². The Morgan fingerprint density at radius 1 is 1.42 bits per heavy atom. The first-order valence-electron chi connectivity index (χ1n) is 9.05. The summed E-state index contributed by atoms with van der Waals surface area (Å²) in [5.74, 6) is 0. The van der Waals surface area contributed by atoms with E-state index in [4.69, 9.17) is 4.74 Å². The van der Waals surface area contributed by atoms with Gasteiger partial charge in [0.2, 0.25) is 0 Å². The third-order valence-electron chi connectivity index (χ3n) is 5.72. The molecule has 1 aromatic heterocycles. The predicted octanol–water partition coefficient (Wildman–Crippen LogP) is 3.01. The first-order chi connectivity index (χ1) is 11.5. The molecule has 1 aliphatic heterocycles. The lowest BCUT2D eigenvalue weighted by atomic mass is 9.76. The summed E-state index contributed by atoms with van der Waals surface area (Å²) >= 11 is 0. The number of nitrogens with one attached hydrogen (secondary N) is 2. The van der Waals surface area contributed by atoms with Gasteiger partial charge in [0.05, 0.1) is 6.61 Å². The molecule has 1 saturated heterocycles. The molecule has 132 valence electrons. The van der Waals surface area contributed by atoms with Crippen LogP contribution in [-0.2, 0) is 10.2 Å². The molecule has 5 nitrogen and oxygen atoms in total. The van der Waals surface area contributed by atoms with Gasteiger partial charge in [0.1, 0.15) is 0 Å². The Balaban J connectivity index is 1.55. The van der Waals surface area contributed by atoms with Crippen LogP contribution in [0.2, 0.25) is 0 Å². The van der Waals surface area contributed by atoms with Crippen molar-refractivity contribution < 1.29 is 9.53 Å². The smallest absolute Gasteiger partial charge is 0.315 e. The Hall–Kier alpha value is -1.62. The topological polar surface area (TPSA) is 63.2 Å². The summed E-state index contributed by atoms with van der Waals surface area (Å²) in [6.07, 6.45) is 9.38. The molecule has 1 aliphatic carbocycles. The average molecular weight is 331 g/mol. The van der Waals surface area contributed by atoms with Gasteiger partial charge in [-0.2, -0.15) is 0 Å². The third kappa shape index (κ3) is 3.72. The van der Waals surface area contributed by atoms with Gasteiger partial charge in [0.15, 0.2) is 0 Å². The standard InChI is InChI=1S/C19H29N3O2/c1-18(2,15-6-5-10-20-12-15)13-21-17(23)22-16-7-11-24-14-19(16)8-3-4-9-19/h5-6,10,12,16H,3-4,7-9,11,13-14H2,1-2H3,(H2,21,22,23). The molecule has 2 amide bonds.